The van der Waals surface area contributed by atoms with Crippen LogP contribution in [0, 0.1) is 11.7 Å². The lowest BCUT2D eigenvalue weighted by atomic mass is 9.89. The van der Waals surface area contributed by atoms with E-state index in [0.29, 0.717) is 31.7 Å². The van der Waals surface area contributed by atoms with Crippen LogP contribution >= 0.6 is 11.6 Å². The molecule has 0 radical (unpaired) electrons. The van der Waals surface area contributed by atoms with Gasteiger partial charge in [0.2, 0.25) is 0 Å². The second-order valence-corrected chi connectivity index (χ2v) is 6.33. The van der Waals surface area contributed by atoms with Gasteiger partial charge in [-0.3, -0.25) is 4.79 Å². The first-order valence-corrected chi connectivity index (χ1v) is 7.97. The van der Waals surface area contributed by atoms with Gasteiger partial charge in [0, 0.05) is 25.1 Å². The van der Waals surface area contributed by atoms with Crippen molar-refractivity contribution in [3.63, 3.8) is 0 Å². The Morgan fingerprint density at radius 1 is 1.41 bits per heavy atom. The van der Waals surface area contributed by atoms with Gasteiger partial charge in [0.25, 0.3) is 5.91 Å². The lowest BCUT2D eigenvalue weighted by molar-refractivity contribution is -0.0589. The third-order valence-corrected chi connectivity index (χ3v) is 4.89. The number of nitrogens with zero attached hydrogens (tertiary/aromatic N) is 1. The fourth-order valence-electron chi connectivity index (χ4n) is 3.42. The normalized spacial score (nSPS) is 28.9. The van der Waals surface area contributed by atoms with Gasteiger partial charge >= 0.3 is 0 Å². The van der Waals surface area contributed by atoms with Crippen LogP contribution in [0.25, 0.3) is 0 Å². The van der Waals surface area contributed by atoms with Crippen LogP contribution in [-0.2, 0) is 4.74 Å². The molecule has 0 unspecified atom stereocenters. The van der Waals surface area contributed by atoms with Crippen LogP contribution in [0.15, 0.2) is 18.2 Å². The van der Waals surface area contributed by atoms with Crippen LogP contribution in [0.3, 0.4) is 0 Å². The lowest BCUT2D eigenvalue weighted by Gasteiger charge is -2.37. The number of hydrogen-bond donors (Lipinski definition) is 1. The Labute approximate surface area is 133 Å². The molecule has 1 amide bonds. The van der Waals surface area contributed by atoms with Crippen molar-refractivity contribution in [1.82, 2.24) is 4.90 Å². The molecule has 1 aromatic rings. The van der Waals surface area contributed by atoms with Gasteiger partial charge in [0.1, 0.15) is 5.82 Å². The smallest absolute Gasteiger partial charge is 0.255 e. The molecule has 4 nitrogen and oxygen atoms in total. The average molecular weight is 328 g/mol. The van der Waals surface area contributed by atoms with Crippen molar-refractivity contribution in [3.8, 4) is 0 Å². The molecule has 0 spiro atoms. The Kier molecular flexibility index (Phi) is 4.66. The molecule has 2 saturated heterocycles. The Morgan fingerprint density at radius 2 is 2.23 bits per heavy atom. The van der Waals surface area contributed by atoms with Crippen molar-refractivity contribution >= 4 is 17.5 Å². The summed E-state index contributed by atoms with van der Waals surface area (Å²) in [6, 6.07) is 3.76. The highest BCUT2D eigenvalue weighted by Gasteiger charge is 2.40. The predicted molar refractivity (Wildman–Crippen MR) is 80.4 cm³/mol. The largest absolute Gasteiger partial charge is 0.393 e. The lowest BCUT2D eigenvalue weighted by Crippen LogP contribution is -2.48. The van der Waals surface area contributed by atoms with E-state index < -0.39 is 11.9 Å². The van der Waals surface area contributed by atoms with E-state index in [1.54, 1.807) is 4.90 Å². The summed E-state index contributed by atoms with van der Waals surface area (Å²) in [5.74, 6) is -0.736. The number of amides is 1. The first kappa shape index (κ1) is 15.7. The molecule has 22 heavy (non-hydrogen) atoms. The van der Waals surface area contributed by atoms with Crippen molar-refractivity contribution in [2.45, 2.75) is 31.4 Å². The summed E-state index contributed by atoms with van der Waals surface area (Å²) in [6.07, 6.45) is 1.88. The van der Waals surface area contributed by atoms with E-state index in [4.69, 9.17) is 16.3 Å². The number of likely N-dealkylation sites (tertiary alicyclic amines) is 1. The van der Waals surface area contributed by atoms with Gasteiger partial charge in [0.05, 0.1) is 23.3 Å². The standard InChI is InChI=1S/C16H19ClFNO3/c17-13-8-10(18)3-4-11(13)16(21)19-6-1-2-14(19)12-9-22-7-5-15(12)20/h3-4,8,12,14-15,20H,1-2,5-7,9H2/t12-,14+,15+/m0/s1. The van der Waals surface area contributed by atoms with E-state index in [9.17, 15) is 14.3 Å². The van der Waals surface area contributed by atoms with Crippen molar-refractivity contribution < 1.29 is 19.0 Å². The average Bonchev–Trinajstić information content (AvgIpc) is 2.96. The molecule has 2 aliphatic rings. The number of hydrogen-bond acceptors (Lipinski definition) is 3. The van der Waals surface area contributed by atoms with Gasteiger partial charge in [-0.2, -0.15) is 0 Å². The van der Waals surface area contributed by atoms with Crippen molar-refractivity contribution in [1.29, 1.82) is 0 Å². The number of aliphatic hydroxyl groups is 1. The molecule has 0 saturated carbocycles. The minimum absolute atomic E-state index is 0.0519. The van der Waals surface area contributed by atoms with Crippen LogP contribution in [-0.4, -0.2) is 47.8 Å². The molecule has 0 aromatic heterocycles. The fraction of sp³-hybridized carbons (Fsp3) is 0.562. The predicted octanol–water partition coefficient (Wildman–Crippen LogP) is 2.48. The van der Waals surface area contributed by atoms with E-state index in [1.807, 2.05) is 0 Å². The highest BCUT2D eigenvalue weighted by atomic mass is 35.5. The number of carbonyl (C=O) groups excluding carboxylic acids is 1. The number of ether oxygens (including phenoxy) is 1. The van der Waals surface area contributed by atoms with E-state index >= 15 is 0 Å². The molecular weight excluding hydrogens is 309 g/mol. The van der Waals surface area contributed by atoms with Gasteiger partial charge in [-0.25, -0.2) is 4.39 Å². The molecule has 0 bridgehead atoms. The van der Waals surface area contributed by atoms with Gasteiger partial charge in [-0.15, -0.1) is 0 Å². The molecule has 2 fully saturated rings. The molecule has 3 rings (SSSR count). The minimum Gasteiger partial charge on any atom is -0.393 e. The summed E-state index contributed by atoms with van der Waals surface area (Å²) < 4.78 is 18.6. The molecular formula is C16H19ClFNO3. The second kappa shape index (κ2) is 6.52. The maximum atomic E-state index is 13.1. The molecule has 1 aromatic carbocycles. The summed E-state index contributed by atoms with van der Waals surface area (Å²) in [5, 5.41) is 10.3. The Balaban J connectivity index is 1.81. The van der Waals surface area contributed by atoms with Crippen molar-refractivity contribution in [2.24, 2.45) is 5.92 Å². The monoisotopic (exact) mass is 327 g/mol. The first-order valence-electron chi connectivity index (χ1n) is 7.60. The Hall–Kier alpha value is -1.17. The summed E-state index contributed by atoms with van der Waals surface area (Å²) in [4.78, 5) is 14.5. The van der Waals surface area contributed by atoms with Gasteiger partial charge in [0.15, 0.2) is 0 Å². The highest BCUT2D eigenvalue weighted by molar-refractivity contribution is 6.33. The van der Waals surface area contributed by atoms with E-state index in [1.165, 1.54) is 12.1 Å². The number of carbonyl (C=O) groups is 1. The fourth-order valence-corrected chi connectivity index (χ4v) is 3.67. The molecule has 3 atom stereocenters. The molecule has 2 aliphatic heterocycles. The quantitative estimate of drug-likeness (QED) is 0.908. The third kappa shape index (κ3) is 2.98. The number of rotatable bonds is 2. The van der Waals surface area contributed by atoms with Gasteiger partial charge in [-0.1, -0.05) is 11.6 Å². The highest BCUT2D eigenvalue weighted by Crippen LogP contribution is 2.32. The molecule has 2 heterocycles. The molecule has 0 aliphatic carbocycles. The zero-order valence-corrected chi connectivity index (χ0v) is 12.9. The summed E-state index contributed by atoms with van der Waals surface area (Å²) in [5.41, 5.74) is 0.307. The Bertz CT molecular complexity index is 568. The number of benzene rings is 1. The third-order valence-electron chi connectivity index (χ3n) is 4.58. The Morgan fingerprint density at radius 3 is 2.95 bits per heavy atom. The summed E-state index contributed by atoms with van der Waals surface area (Å²) in [6.45, 7) is 1.65. The van der Waals surface area contributed by atoms with Crippen molar-refractivity contribution in [3.05, 3.63) is 34.6 Å². The minimum atomic E-state index is -0.462. The van der Waals surface area contributed by atoms with E-state index in [0.717, 1.165) is 18.9 Å². The SMILES string of the molecule is O=C(c1ccc(F)cc1Cl)N1CCC[C@@H]1[C@@H]1COCC[C@H]1O. The maximum Gasteiger partial charge on any atom is 0.255 e. The van der Waals surface area contributed by atoms with E-state index in [-0.39, 0.29) is 22.9 Å². The topological polar surface area (TPSA) is 49.8 Å². The molecule has 1 N–H and O–H groups in total. The summed E-state index contributed by atoms with van der Waals surface area (Å²) in [7, 11) is 0. The van der Waals surface area contributed by atoms with Crippen LogP contribution in [0.5, 0.6) is 0 Å². The second-order valence-electron chi connectivity index (χ2n) is 5.93. The van der Waals surface area contributed by atoms with Crippen LogP contribution in [0.4, 0.5) is 4.39 Å². The summed E-state index contributed by atoms with van der Waals surface area (Å²) >= 11 is 6.00. The zero-order chi connectivity index (χ0) is 15.7. The maximum absolute atomic E-state index is 13.1. The number of aliphatic hydroxyl groups excluding tert-OH is 1. The molecule has 6 heteroatoms. The zero-order valence-electron chi connectivity index (χ0n) is 12.2. The van der Waals surface area contributed by atoms with Crippen molar-refractivity contribution in [2.75, 3.05) is 19.8 Å². The van der Waals surface area contributed by atoms with Crippen LogP contribution < -0.4 is 0 Å². The molecule has 120 valence electrons. The van der Waals surface area contributed by atoms with Gasteiger partial charge < -0.3 is 14.7 Å². The van der Waals surface area contributed by atoms with E-state index in [2.05, 4.69) is 0 Å². The van der Waals surface area contributed by atoms with Gasteiger partial charge in [-0.05, 0) is 37.5 Å². The first-order chi connectivity index (χ1) is 10.6. The van der Waals surface area contributed by atoms with Crippen LogP contribution in [0.2, 0.25) is 5.02 Å². The van der Waals surface area contributed by atoms with Crippen LogP contribution in [0.1, 0.15) is 29.6 Å². The number of halogens is 2.